The number of halogens is 1. The molecule has 0 saturated heterocycles. The van der Waals surface area contributed by atoms with E-state index in [1.807, 2.05) is 13.2 Å². The zero-order chi connectivity index (χ0) is 9.42. The first-order valence-corrected chi connectivity index (χ1v) is 5.04. The minimum atomic E-state index is -0.254. The Morgan fingerprint density at radius 2 is 2.23 bits per heavy atom. The number of hydrogen-bond donors (Lipinski definition) is 0. The molecule has 0 spiro atoms. The van der Waals surface area contributed by atoms with Gasteiger partial charge in [0.15, 0.2) is 5.58 Å². The summed E-state index contributed by atoms with van der Waals surface area (Å²) >= 11 is 1.38. The van der Waals surface area contributed by atoms with E-state index in [4.69, 9.17) is 4.52 Å². The molecule has 0 fully saturated rings. The first-order valence-electron chi connectivity index (χ1n) is 3.82. The van der Waals surface area contributed by atoms with E-state index in [1.54, 1.807) is 6.07 Å². The second-order valence-corrected chi connectivity index (χ2v) is 3.60. The van der Waals surface area contributed by atoms with Gasteiger partial charge in [0.2, 0.25) is 0 Å². The Kier molecular flexibility index (Phi) is 2.00. The van der Waals surface area contributed by atoms with Crippen LogP contribution < -0.4 is 0 Å². The molecule has 0 bridgehead atoms. The van der Waals surface area contributed by atoms with E-state index in [0.29, 0.717) is 10.5 Å². The van der Waals surface area contributed by atoms with Crippen LogP contribution in [0.2, 0.25) is 0 Å². The molecule has 1 aromatic heterocycles. The van der Waals surface area contributed by atoms with Crippen molar-refractivity contribution < 1.29 is 8.91 Å². The lowest BCUT2D eigenvalue weighted by Crippen LogP contribution is -1.80. The van der Waals surface area contributed by atoms with Gasteiger partial charge in [0, 0.05) is 16.3 Å². The largest absolute Gasteiger partial charge is 0.356 e. The number of hydrogen-bond acceptors (Lipinski definition) is 3. The Labute approximate surface area is 79.1 Å². The average Bonchev–Trinajstić information content (AvgIpc) is 2.46. The molecule has 1 heterocycles. The van der Waals surface area contributed by atoms with Gasteiger partial charge in [-0.15, -0.1) is 11.8 Å². The van der Waals surface area contributed by atoms with Crippen LogP contribution in [0, 0.1) is 12.7 Å². The minimum Gasteiger partial charge on any atom is -0.356 e. The molecular weight excluding hydrogens is 189 g/mol. The molecule has 0 saturated carbocycles. The SMILES string of the molecule is CSc1cc2c(C)noc2cc1F. The van der Waals surface area contributed by atoms with Gasteiger partial charge in [-0.1, -0.05) is 5.16 Å². The van der Waals surface area contributed by atoms with Crippen molar-refractivity contribution in [2.24, 2.45) is 0 Å². The van der Waals surface area contributed by atoms with E-state index in [2.05, 4.69) is 5.16 Å². The fourth-order valence-corrected chi connectivity index (χ4v) is 1.71. The smallest absolute Gasteiger partial charge is 0.170 e. The van der Waals surface area contributed by atoms with Crippen LogP contribution in [0.25, 0.3) is 11.0 Å². The normalized spacial score (nSPS) is 11.0. The van der Waals surface area contributed by atoms with Crippen LogP contribution in [0.3, 0.4) is 0 Å². The van der Waals surface area contributed by atoms with Gasteiger partial charge in [-0.05, 0) is 19.2 Å². The highest BCUT2D eigenvalue weighted by atomic mass is 32.2. The van der Waals surface area contributed by atoms with E-state index in [1.165, 1.54) is 17.8 Å². The summed E-state index contributed by atoms with van der Waals surface area (Å²) < 4.78 is 18.2. The third-order valence-corrected chi connectivity index (χ3v) is 2.68. The van der Waals surface area contributed by atoms with Crippen molar-refractivity contribution in [1.82, 2.24) is 5.16 Å². The van der Waals surface area contributed by atoms with E-state index >= 15 is 0 Å². The van der Waals surface area contributed by atoms with Crippen molar-refractivity contribution in [3.8, 4) is 0 Å². The lowest BCUT2D eigenvalue weighted by molar-refractivity contribution is 0.448. The Bertz CT molecular complexity index is 452. The number of benzene rings is 1. The van der Waals surface area contributed by atoms with Crippen LogP contribution in [0.4, 0.5) is 4.39 Å². The van der Waals surface area contributed by atoms with Crippen LogP contribution in [-0.4, -0.2) is 11.4 Å². The van der Waals surface area contributed by atoms with E-state index in [0.717, 1.165) is 11.1 Å². The number of aromatic nitrogens is 1. The summed E-state index contributed by atoms with van der Waals surface area (Å²) in [7, 11) is 0. The van der Waals surface area contributed by atoms with Gasteiger partial charge in [-0.2, -0.15) is 0 Å². The Morgan fingerprint density at radius 3 is 2.92 bits per heavy atom. The average molecular weight is 197 g/mol. The number of thioether (sulfide) groups is 1. The van der Waals surface area contributed by atoms with Crippen molar-refractivity contribution in [1.29, 1.82) is 0 Å². The molecule has 2 aromatic rings. The van der Waals surface area contributed by atoms with Crippen molar-refractivity contribution in [3.63, 3.8) is 0 Å². The zero-order valence-corrected chi connectivity index (χ0v) is 8.11. The second-order valence-electron chi connectivity index (χ2n) is 2.75. The van der Waals surface area contributed by atoms with Crippen LogP contribution in [-0.2, 0) is 0 Å². The molecule has 0 aliphatic carbocycles. The fraction of sp³-hybridized carbons (Fsp3) is 0.222. The summed E-state index contributed by atoms with van der Waals surface area (Å²) in [5.41, 5.74) is 1.30. The molecule has 1 aromatic carbocycles. The maximum Gasteiger partial charge on any atom is 0.170 e. The van der Waals surface area contributed by atoms with Crippen molar-refractivity contribution in [2.45, 2.75) is 11.8 Å². The first kappa shape index (κ1) is 8.56. The Balaban J connectivity index is 2.77. The van der Waals surface area contributed by atoms with E-state index in [-0.39, 0.29) is 5.82 Å². The molecule has 0 N–H and O–H groups in total. The highest BCUT2D eigenvalue weighted by Crippen LogP contribution is 2.26. The van der Waals surface area contributed by atoms with Gasteiger partial charge < -0.3 is 4.52 Å². The topological polar surface area (TPSA) is 26.0 Å². The maximum atomic E-state index is 13.2. The Hall–Kier alpha value is -1.03. The van der Waals surface area contributed by atoms with E-state index in [9.17, 15) is 4.39 Å². The molecule has 68 valence electrons. The van der Waals surface area contributed by atoms with Gasteiger partial charge in [0.05, 0.1) is 5.69 Å². The third-order valence-electron chi connectivity index (χ3n) is 1.92. The van der Waals surface area contributed by atoms with Crippen molar-refractivity contribution >= 4 is 22.7 Å². The van der Waals surface area contributed by atoms with Gasteiger partial charge in [0.1, 0.15) is 5.82 Å². The van der Waals surface area contributed by atoms with Gasteiger partial charge >= 0.3 is 0 Å². The van der Waals surface area contributed by atoms with Crippen molar-refractivity contribution in [2.75, 3.05) is 6.26 Å². The molecule has 13 heavy (non-hydrogen) atoms. The summed E-state index contributed by atoms with van der Waals surface area (Å²) in [6.07, 6.45) is 1.84. The fourth-order valence-electron chi connectivity index (χ4n) is 1.22. The van der Waals surface area contributed by atoms with E-state index < -0.39 is 0 Å². The molecule has 0 aliphatic rings. The predicted octanol–water partition coefficient (Wildman–Crippen LogP) is 3.00. The monoisotopic (exact) mass is 197 g/mol. The summed E-state index contributed by atoms with van der Waals surface area (Å²) in [6, 6.07) is 3.14. The van der Waals surface area contributed by atoms with Crippen LogP contribution in [0.5, 0.6) is 0 Å². The molecular formula is C9H8FNOS. The molecule has 0 amide bonds. The standard InChI is InChI=1S/C9H8FNOS/c1-5-6-3-9(13-2)7(10)4-8(6)12-11-5/h3-4H,1-2H3. The second kappa shape index (κ2) is 3.03. The van der Waals surface area contributed by atoms with Crippen LogP contribution in [0.15, 0.2) is 21.6 Å². The summed E-state index contributed by atoms with van der Waals surface area (Å²) in [6.45, 7) is 1.84. The third kappa shape index (κ3) is 1.31. The molecule has 2 nitrogen and oxygen atoms in total. The lowest BCUT2D eigenvalue weighted by Gasteiger charge is -1.97. The summed E-state index contributed by atoms with van der Waals surface area (Å²) in [5, 5.41) is 4.64. The molecule has 2 rings (SSSR count). The highest BCUT2D eigenvalue weighted by molar-refractivity contribution is 7.98. The molecule has 0 unspecified atom stereocenters. The van der Waals surface area contributed by atoms with Crippen molar-refractivity contribution in [3.05, 3.63) is 23.6 Å². The van der Waals surface area contributed by atoms with Crippen LogP contribution >= 0.6 is 11.8 Å². The molecule has 0 aliphatic heterocycles. The minimum absolute atomic E-state index is 0.254. The molecule has 0 radical (unpaired) electrons. The Morgan fingerprint density at radius 1 is 1.46 bits per heavy atom. The zero-order valence-electron chi connectivity index (χ0n) is 7.30. The number of nitrogens with zero attached hydrogens (tertiary/aromatic N) is 1. The first-order chi connectivity index (χ1) is 6.22. The molecule has 4 heteroatoms. The lowest BCUT2D eigenvalue weighted by atomic mass is 10.2. The number of aryl methyl sites for hydroxylation is 1. The molecule has 0 atom stereocenters. The predicted molar refractivity (Wildman–Crippen MR) is 50.5 cm³/mol. The summed E-state index contributed by atoms with van der Waals surface area (Å²) in [5.74, 6) is -0.254. The highest BCUT2D eigenvalue weighted by Gasteiger charge is 2.09. The summed E-state index contributed by atoms with van der Waals surface area (Å²) in [4.78, 5) is 0.624. The van der Waals surface area contributed by atoms with Gasteiger partial charge in [0.25, 0.3) is 0 Å². The van der Waals surface area contributed by atoms with Gasteiger partial charge in [-0.25, -0.2) is 4.39 Å². The van der Waals surface area contributed by atoms with Crippen LogP contribution in [0.1, 0.15) is 5.69 Å². The quantitative estimate of drug-likeness (QED) is 0.657. The number of rotatable bonds is 1. The van der Waals surface area contributed by atoms with Gasteiger partial charge in [-0.3, -0.25) is 0 Å². The maximum absolute atomic E-state index is 13.2. The number of fused-ring (bicyclic) bond motifs is 1.